The van der Waals surface area contributed by atoms with Crippen molar-refractivity contribution in [1.29, 1.82) is 0 Å². The minimum atomic E-state index is -0.0523. The predicted molar refractivity (Wildman–Crippen MR) is 143 cm³/mol. The van der Waals surface area contributed by atoms with Gasteiger partial charge in [-0.1, -0.05) is 0 Å². The van der Waals surface area contributed by atoms with Crippen molar-refractivity contribution < 1.29 is 14.3 Å². The Hall–Kier alpha value is -2.55. The topological polar surface area (TPSA) is 73.9 Å². The van der Waals surface area contributed by atoms with E-state index in [4.69, 9.17) is 4.74 Å². The number of aryl methyl sites for hydroxylation is 3. The zero-order chi connectivity index (χ0) is 25.5. The number of amides is 2. The second-order valence-electron chi connectivity index (χ2n) is 9.41. The van der Waals surface area contributed by atoms with Crippen LogP contribution in [0.3, 0.4) is 0 Å². The highest BCUT2D eigenvalue weighted by Gasteiger charge is 2.20. The molecule has 1 aliphatic heterocycles. The molecule has 8 heteroatoms. The fraction of sp³-hybridized carbons (Fsp3) is 0.481. The Labute approximate surface area is 213 Å². The van der Waals surface area contributed by atoms with Crippen LogP contribution in [0.5, 0.6) is 5.75 Å². The zero-order valence-corrected chi connectivity index (χ0v) is 22.6. The van der Waals surface area contributed by atoms with E-state index in [1.165, 1.54) is 4.90 Å². The van der Waals surface area contributed by atoms with Gasteiger partial charge >= 0.3 is 0 Å². The maximum Gasteiger partial charge on any atom is 0.251 e. The molecule has 0 unspecified atom stereocenters. The van der Waals surface area contributed by atoms with Crippen molar-refractivity contribution in [2.24, 2.45) is 0 Å². The molecule has 3 rings (SSSR count). The summed E-state index contributed by atoms with van der Waals surface area (Å²) < 4.78 is 7.41. The fourth-order valence-corrected chi connectivity index (χ4v) is 5.17. The molecule has 0 saturated carbocycles. The Kier molecular flexibility index (Phi) is 9.60. The van der Waals surface area contributed by atoms with Gasteiger partial charge in [0.25, 0.3) is 5.91 Å². The van der Waals surface area contributed by atoms with Gasteiger partial charge in [0.15, 0.2) is 0 Å². The number of likely N-dealkylation sites (tertiary alicyclic amines) is 1. The highest BCUT2D eigenvalue weighted by atomic mass is 32.2. The van der Waals surface area contributed by atoms with E-state index in [1.807, 2.05) is 32.2 Å². The monoisotopic (exact) mass is 498 g/mol. The summed E-state index contributed by atoms with van der Waals surface area (Å²) in [6.07, 6.45) is 2.31. The van der Waals surface area contributed by atoms with E-state index < -0.39 is 0 Å². The Bertz CT molecular complexity index is 1030. The van der Waals surface area contributed by atoms with Gasteiger partial charge in [0.1, 0.15) is 5.75 Å². The van der Waals surface area contributed by atoms with Crippen LogP contribution in [0.1, 0.15) is 46.3 Å². The third-order valence-electron chi connectivity index (χ3n) is 6.38. The summed E-state index contributed by atoms with van der Waals surface area (Å²) in [6, 6.07) is 9.73. The number of rotatable bonds is 9. The summed E-state index contributed by atoms with van der Waals surface area (Å²) in [6.45, 7) is 8.65. The van der Waals surface area contributed by atoms with E-state index in [0.717, 1.165) is 48.4 Å². The van der Waals surface area contributed by atoms with E-state index in [1.54, 1.807) is 31.2 Å². The van der Waals surface area contributed by atoms with Gasteiger partial charge in [-0.25, -0.2) is 4.31 Å². The summed E-state index contributed by atoms with van der Waals surface area (Å²) in [4.78, 5) is 28.8. The van der Waals surface area contributed by atoms with Crippen LogP contribution >= 0.6 is 11.9 Å². The molecule has 0 aliphatic carbocycles. The molecule has 190 valence electrons. The van der Waals surface area contributed by atoms with Crippen LogP contribution in [0.4, 0.5) is 5.69 Å². The number of hydrogen-bond acceptors (Lipinski definition) is 6. The molecular weight excluding hydrogens is 460 g/mol. The minimum absolute atomic E-state index is 0.0438. The molecule has 7 nitrogen and oxygen atoms in total. The molecule has 0 radical (unpaired) electrons. The number of piperidine rings is 1. The number of hydrogen-bond donors (Lipinski definition) is 2. The molecule has 1 saturated heterocycles. The van der Waals surface area contributed by atoms with E-state index in [0.29, 0.717) is 24.2 Å². The van der Waals surface area contributed by atoms with Gasteiger partial charge in [-0.2, -0.15) is 0 Å². The van der Waals surface area contributed by atoms with Gasteiger partial charge in [-0.3, -0.25) is 9.59 Å². The van der Waals surface area contributed by atoms with E-state index in [-0.39, 0.29) is 17.9 Å². The Balaban J connectivity index is 1.49. The molecule has 2 amide bonds. The van der Waals surface area contributed by atoms with Crippen LogP contribution in [0.15, 0.2) is 35.2 Å². The maximum atomic E-state index is 12.7. The number of methoxy groups -OCH3 is 1. The lowest BCUT2D eigenvalue weighted by atomic mass is 10.0. The second-order valence-corrected chi connectivity index (χ2v) is 10.6. The number of nitrogens with one attached hydrogen (secondary N) is 2. The first-order chi connectivity index (χ1) is 16.7. The van der Waals surface area contributed by atoms with Crippen LogP contribution in [0, 0.1) is 20.8 Å². The first kappa shape index (κ1) is 27.0. The quantitative estimate of drug-likeness (QED) is 0.499. The van der Waals surface area contributed by atoms with Crippen molar-refractivity contribution in [3.8, 4) is 5.75 Å². The van der Waals surface area contributed by atoms with E-state index in [2.05, 4.69) is 40.7 Å². The summed E-state index contributed by atoms with van der Waals surface area (Å²) in [5, 5.41) is 6.12. The molecule has 1 aliphatic rings. The van der Waals surface area contributed by atoms with Gasteiger partial charge in [0.05, 0.1) is 7.11 Å². The molecule has 1 heterocycles. The molecule has 2 N–H and O–H groups in total. The van der Waals surface area contributed by atoms with Crippen molar-refractivity contribution in [2.45, 2.75) is 51.0 Å². The van der Waals surface area contributed by atoms with Crippen LogP contribution in [-0.4, -0.2) is 67.9 Å². The molecule has 0 spiro atoms. The van der Waals surface area contributed by atoms with Crippen molar-refractivity contribution in [1.82, 2.24) is 14.5 Å². The average molecular weight is 499 g/mol. The highest BCUT2D eigenvalue weighted by Crippen LogP contribution is 2.31. The first-order valence-corrected chi connectivity index (χ1v) is 12.9. The smallest absolute Gasteiger partial charge is 0.251 e. The minimum Gasteiger partial charge on any atom is -0.497 e. The molecule has 0 aromatic heterocycles. The molecule has 2 aromatic rings. The van der Waals surface area contributed by atoms with Gasteiger partial charge in [-0.15, -0.1) is 0 Å². The summed E-state index contributed by atoms with van der Waals surface area (Å²) in [7, 11) is 5.77. The lowest BCUT2D eigenvalue weighted by Crippen LogP contribution is -2.43. The van der Waals surface area contributed by atoms with Crippen LogP contribution in [0.25, 0.3) is 0 Å². The summed E-state index contributed by atoms with van der Waals surface area (Å²) >= 11 is 1.64. The normalized spacial score (nSPS) is 14.7. The number of anilines is 1. The second kappa shape index (κ2) is 12.4. The maximum absolute atomic E-state index is 12.7. The highest BCUT2D eigenvalue weighted by molar-refractivity contribution is 7.97. The Morgan fingerprint density at radius 2 is 1.74 bits per heavy atom. The number of ether oxygens (including phenoxy) is 1. The Morgan fingerprint density at radius 1 is 1.09 bits per heavy atom. The summed E-state index contributed by atoms with van der Waals surface area (Å²) in [5.41, 5.74) is 4.52. The summed E-state index contributed by atoms with van der Waals surface area (Å²) in [5.74, 6) is 0.758. The van der Waals surface area contributed by atoms with Gasteiger partial charge in [0, 0.05) is 35.2 Å². The number of nitrogens with zero attached hydrogens (tertiary/aromatic N) is 2. The van der Waals surface area contributed by atoms with Gasteiger partial charge in [-0.05, 0) is 120 Å². The lowest BCUT2D eigenvalue weighted by Gasteiger charge is -2.29. The molecular formula is C27H38N4O3S. The SMILES string of the molecule is COc1cc(C)c(SN(C)CCC(=O)Nc2ccc(C(=O)NC3CCN(C)CC3)c(C)c2)c(C)c1. The molecule has 35 heavy (non-hydrogen) atoms. The molecule has 0 atom stereocenters. The van der Waals surface area contributed by atoms with Crippen molar-refractivity contribution in [3.05, 3.63) is 52.6 Å². The molecule has 1 fully saturated rings. The van der Waals surface area contributed by atoms with E-state index >= 15 is 0 Å². The van der Waals surface area contributed by atoms with Crippen LogP contribution in [0.2, 0.25) is 0 Å². The number of carbonyl (C=O) groups is 2. The molecule has 2 aromatic carbocycles. The van der Waals surface area contributed by atoms with Crippen LogP contribution < -0.4 is 15.4 Å². The van der Waals surface area contributed by atoms with Gasteiger partial charge < -0.3 is 20.3 Å². The predicted octanol–water partition coefficient (Wildman–Crippen LogP) is 4.41. The standard InChI is InChI=1S/C27H38N4O3S/c1-18-15-22(7-8-24(18)27(33)29-21-9-12-30(4)13-10-21)28-25(32)11-14-31(5)35-26-19(2)16-23(34-6)17-20(26)3/h7-8,15-17,21H,9-14H2,1-6H3,(H,28,32)(H,29,33). The number of carbonyl (C=O) groups excluding carboxylic acids is 2. The van der Waals surface area contributed by atoms with Crippen molar-refractivity contribution in [2.75, 3.05) is 46.2 Å². The number of benzene rings is 2. The van der Waals surface area contributed by atoms with Crippen molar-refractivity contribution in [3.63, 3.8) is 0 Å². The van der Waals surface area contributed by atoms with Crippen LogP contribution in [-0.2, 0) is 4.79 Å². The Morgan fingerprint density at radius 3 is 2.34 bits per heavy atom. The zero-order valence-electron chi connectivity index (χ0n) is 21.7. The lowest BCUT2D eigenvalue weighted by molar-refractivity contribution is -0.116. The fourth-order valence-electron chi connectivity index (χ4n) is 4.27. The largest absolute Gasteiger partial charge is 0.497 e. The molecule has 0 bridgehead atoms. The third-order valence-corrected chi connectivity index (χ3v) is 7.70. The first-order valence-electron chi connectivity index (χ1n) is 12.1. The third kappa shape index (κ3) is 7.72. The van der Waals surface area contributed by atoms with Gasteiger partial charge in [0.2, 0.25) is 5.91 Å². The average Bonchev–Trinajstić information content (AvgIpc) is 2.81. The van der Waals surface area contributed by atoms with E-state index in [9.17, 15) is 9.59 Å². The van der Waals surface area contributed by atoms with Crippen molar-refractivity contribution >= 4 is 29.4 Å².